The van der Waals surface area contributed by atoms with E-state index in [-0.39, 0.29) is 16.5 Å². The van der Waals surface area contributed by atoms with E-state index >= 15 is 0 Å². The Kier molecular flexibility index (Phi) is 8.14. The first-order chi connectivity index (χ1) is 17.7. The van der Waals surface area contributed by atoms with Crippen LogP contribution in [0.1, 0.15) is 49.4 Å². The van der Waals surface area contributed by atoms with E-state index < -0.39 is 17.7 Å². The van der Waals surface area contributed by atoms with E-state index in [2.05, 4.69) is 24.0 Å². The van der Waals surface area contributed by atoms with Gasteiger partial charge in [0.15, 0.2) is 11.5 Å². The second-order valence-electron chi connectivity index (χ2n) is 8.95. The second-order valence-corrected chi connectivity index (χ2v) is 10.5. The number of hydrogen-bond acceptors (Lipinski definition) is 8. The molecule has 0 bridgehead atoms. The van der Waals surface area contributed by atoms with Crippen LogP contribution in [0, 0.1) is 12.8 Å². The molecule has 0 radical (unpaired) electrons. The van der Waals surface area contributed by atoms with Gasteiger partial charge < -0.3 is 14.6 Å². The highest BCUT2D eigenvalue weighted by Gasteiger charge is 2.48. The molecule has 2 heterocycles. The van der Waals surface area contributed by atoms with Crippen molar-refractivity contribution in [2.75, 3.05) is 18.1 Å². The Balaban J connectivity index is 1.85. The highest BCUT2D eigenvalue weighted by atomic mass is 35.5. The Bertz CT molecular complexity index is 1340. The molecule has 1 saturated heterocycles. The van der Waals surface area contributed by atoms with Gasteiger partial charge in [-0.05, 0) is 68.1 Å². The van der Waals surface area contributed by atoms with E-state index in [9.17, 15) is 14.7 Å². The Morgan fingerprint density at radius 2 is 1.84 bits per heavy atom. The summed E-state index contributed by atoms with van der Waals surface area (Å²) in [5, 5.41) is 20.8. The predicted molar refractivity (Wildman–Crippen MR) is 143 cm³/mol. The van der Waals surface area contributed by atoms with Crippen LogP contribution in [-0.2, 0) is 9.59 Å². The molecular weight excluding hydrogens is 514 g/mol. The van der Waals surface area contributed by atoms with E-state index in [1.807, 2.05) is 6.92 Å². The molecule has 1 fully saturated rings. The van der Waals surface area contributed by atoms with Gasteiger partial charge in [0, 0.05) is 10.6 Å². The molecule has 1 amide bonds. The van der Waals surface area contributed by atoms with Crippen molar-refractivity contribution in [1.82, 2.24) is 10.2 Å². The highest BCUT2D eigenvalue weighted by Crippen LogP contribution is 2.44. The zero-order chi connectivity index (χ0) is 26.7. The largest absolute Gasteiger partial charge is 0.507 e. The quantitative estimate of drug-likeness (QED) is 0.203. The third-order valence-corrected chi connectivity index (χ3v) is 6.91. The molecule has 1 aliphatic rings. The van der Waals surface area contributed by atoms with Crippen LogP contribution in [-0.4, -0.2) is 40.2 Å². The third kappa shape index (κ3) is 5.62. The van der Waals surface area contributed by atoms with Crippen molar-refractivity contribution >= 4 is 45.5 Å². The van der Waals surface area contributed by atoms with Crippen LogP contribution in [0.3, 0.4) is 0 Å². The first-order valence-electron chi connectivity index (χ1n) is 12.0. The van der Waals surface area contributed by atoms with Crippen LogP contribution in [0.25, 0.3) is 5.76 Å². The van der Waals surface area contributed by atoms with Gasteiger partial charge >= 0.3 is 5.91 Å². The fourth-order valence-electron chi connectivity index (χ4n) is 3.98. The fraction of sp³-hybridized carbons (Fsp3) is 0.333. The molecule has 194 valence electrons. The van der Waals surface area contributed by atoms with E-state index in [4.69, 9.17) is 21.1 Å². The minimum atomic E-state index is -0.952. The topological polar surface area (TPSA) is 102 Å². The monoisotopic (exact) mass is 541 g/mol. The molecule has 1 atom stereocenters. The van der Waals surface area contributed by atoms with Crippen molar-refractivity contribution < 1.29 is 24.2 Å². The first-order valence-corrected chi connectivity index (χ1v) is 13.2. The Hall–Kier alpha value is -3.43. The summed E-state index contributed by atoms with van der Waals surface area (Å²) < 4.78 is 11.8. The molecule has 3 aromatic rings. The molecule has 1 N–H and O–H groups in total. The summed E-state index contributed by atoms with van der Waals surface area (Å²) in [6.07, 6.45) is 0.880. The number of amides is 1. The lowest BCUT2D eigenvalue weighted by Gasteiger charge is -2.24. The molecule has 0 saturated carbocycles. The molecule has 2 aromatic carbocycles. The number of ether oxygens (including phenoxy) is 2. The van der Waals surface area contributed by atoms with Gasteiger partial charge in [-0.3, -0.25) is 14.5 Å². The summed E-state index contributed by atoms with van der Waals surface area (Å²) in [5.41, 5.74) is 0.859. The molecule has 1 aliphatic heterocycles. The fourth-order valence-corrected chi connectivity index (χ4v) is 4.82. The minimum Gasteiger partial charge on any atom is -0.507 e. The normalized spacial score (nSPS) is 17.0. The maximum absolute atomic E-state index is 13.3. The lowest BCUT2D eigenvalue weighted by Crippen LogP contribution is -2.29. The number of carbonyl (C=O) groups is 2. The van der Waals surface area contributed by atoms with Crippen molar-refractivity contribution in [1.29, 1.82) is 0 Å². The maximum Gasteiger partial charge on any atom is 0.301 e. The van der Waals surface area contributed by atoms with E-state index in [1.165, 1.54) is 16.2 Å². The van der Waals surface area contributed by atoms with E-state index in [0.29, 0.717) is 51.8 Å². The minimum absolute atomic E-state index is 0.0592. The van der Waals surface area contributed by atoms with Crippen molar-refractivity contribution in [3.8, 4) is 11.5 Å². The number of anilines is 1. The SMILES string of the molecule is CCOc1cc(C2/C(=C(\O)c3ccc(Cl)cc3)C(=O)C(=O)N2c2nnc(C)s2)ccc1OCCC(C)C. The summed E-state index contributed by atoms with van der Waals surface area (Å²) in [4.78, 5) is 27.9. The number of Topliss-reactive ketones (excluding diaryl/α,β-unsaturated/α-hetero) is 1. The van der Waals surface area contributed by atoms with E-state index in [0.717, 1.165) is 6.42 Å². The van der Waals surface area contributed by atoms with Crippen molar-refractivity contribution in [3.63, 3.8) is 0 Å². The number of halogens is 1. The van der Waals surface area contributed by atoms with Crippen LogP contribution in [0.15, 0.2) is 48.0 Å². The Morgan fingerprint density at radius 3 is 2.46 bits per heavy atom. The van der Waals surface area contributed by atoms with Gasteiger partial charge in [0.25, 0.3) is 5.78 Å². The van der Waals surface area contributed by atoms with Crippen molar-refractivity contribution in [3.05, 3.63) is 69.2 Å². The number of ketones is 1. The number of aliphatic hydroxyl groups is 1. The number of aromatic nitrogens is 2. The average Bonchev–Trinajstić information content (AvgIpc) is 3.40. The summed E-state index contributed by atoms with van der Waals surface area (Å²) in [6.45, 7) is 8.78. The third-order valence-electron chi connectivity index (χ3n) is 5.82. The summed E-state index contributed by atoms with van der Waals surface area (Å²) >= 11 is 7.19. The molecule has 37 heavy (non-hydrogen) atoms. The van der Waals surface area contributed by atoms with Gasteiger partial charge in [0.1, 0.15) is 10.8 Å². The van der Waals surface area contributed by atoms with Crippen LogP contribution >= 0.6 is 22.9 Å². The molecular formula is C27H28ClN3O5S. The standard InChI is InChI=1S/C27H28ClN3O5S/c1-5-35-21-14-18(8-11-20(21)36-13-12-15(2)3)23-22(24(32)17-6-9-19(28)10-7-17)25(33)26(34)31(23)27-30-29-16(4)37-27/h6-11,14-15,23,32H,5,12-13H2,1-4H3/b24-22+. The summed E-state index contributed by atoms with van der Waals surface area (Å²) in [7, 11) is 0. The van der Waals surface area contributed by atoms with Crippen LogP contribution in [0.4, 0.5) is 5.13 Å². The molecule has 1 aromatic heterocycles. The molecule has 4 rings (SSSR count). The van der Waals surface area contributed by atoms with Crippen molar-refractivity contribution in [2.45, 2.75) is 40.2 Å². The lowest BCUT2D eigenvalue weighted by molar-refractivity contribution is -0.132. The van der Waals surface area contributed by atoms with Gasteiger partial charge in [-0.1, -0.05) is 42.9 Å². The van der Waals surface area contributed by atoms with Gasteiger partial charge in [-0.25, -0.2) is 0 Å². The molecule has 1 unspecified atom stereocenters. The number of hydrogen-bond donors (Lipinski definition) is 1. The average molecular weight is 542 g/mol. The number of nitrogens with zero attached hydrogens (tertiary/aromatic N) is 3. The lowest BCUT2D eigenvalue weighted by atomic mass is 9.95. The van der Waals surface area contributed by atoms with Gasteiger partial charge in [-0.15, -0.1) is 10.2 Å². The predicted octanol–water partition coefficient (Wildman–Crippen LogP) is 5.95. The Morgan fingerprint density at radius 1 is 1.11 bits per heavy atom. The van der Waals surface area contributed by atoms with E-state index in [1.54, 1.807) is 49.4 Å². The number of aliphatic hydroxyl groups excluding tert-OH is 1. The zero-order valence-electron chi connectivity index (χ0n) is 21.0. The van der Waals surface area contributed by atoms with Crippen LogP contribution < -0.4 is 14.4 Å². The smallest absolute Gasteiger partial charge is 0.301 e. The molecule has 0 aliphatic carbocycles. The highest BCUT2D eigenvalue weighted by molar-refractivity contribution is 7.15. The number of benzene rings is 2. The Labute approximate surface area is 224 Å². The number of rotatable bonds is 9. The van der Waals surface area contributed by atoms with Crippen LogP contribution in [0.5, 0.6) is 11.5 Å². The zero-order valence-corrected chi connectivity index (χ0v) is 22.6. The first kappa shape index (κ1) is 26.6. The summed E-state index contributed by atoms with van der Waals surface area (Å²) in [5.74, 6) is -0.397. The second kappa shape index (κ2) is 11.3. The molecule has 8 nitrogen and oxygen atoms in total. The molecule has 0 spiro atoms. The van der Waals surface area contributed by atoms with Gasteiger partial charge in [-0.2, -0.15) is 0 Å². The number of carbonyl (C=O) groups excluding carboxylic acids is 2. The van der Waals surface area contributed by atoms with Crippen molar-refractivity contribution in [2.24, 2.45) is 5.92 Å². The molecule has 10 heteroatoms. The van der Waals surface area contributed by atoms with Gasteiger partial charge in [0.05, 0.1) is 24.8 Å². The maximum atomic E-state index is 13.3. The van der Waals surface area contributed by atoms with Gasteiger partial charge in [0.2, 0.25) is 5.13 Å². The number of aryl methyl sites for hydroxylation is 1. The van der Waals surface area contributed by atoms with Crippen LogP contribution in [0.2, 0.25) is 5.02 Å². The summed E-state index contributed by atoms with van der Waals surface area (Å²) in [6, 6.07) is 10.7.